The van der Waals surface area contributed by atoms with Gasteiger partial charge in [-0.2, -0.15) is 4.41 Å². The number of carbonyl (C=O) groups is 2. The molecule has 2 aromatic carbocycles. The minimum Gasteiger partial charge on any atom is -0.296 e. The first-order chi connectivity index (χ1) is 14.1. The summed E-state index contributed by atoms with van der Waals surface area (Å²) in [5.41, 5.74) is 3.53. The number of benzene rings is 2. The summed E-state index contributed by atoms with van der Waals surface area (Å²) in [6.45, 7) is 13.9. The van der Waals surface area contributed by atoms with E-state index in [1.165, 1.54) is 9.42 Å². The molecule has 0 aliphatic heterocycles. The maximum Gasteiger partial charge on any atom is 0.284 e. The minimum atomic E-state index is -0.655. The van der Waals surface area contributed by atoms with Gasteiger partial charge in [0.1, 0.15) is 12.2 Å². The van der Waals surface area contributed by atoms with E-state index in [9.17, 15) is 9.59 Å². The zero-order valence-corrected chi connectivity index (χ0v) is 19.8. The first-order valence-electron chi connectivity index (χ1n) is 10.2. The molecule has 0 radical (unpaired) electrons. The Labute approximate surface area is 184 Å². The molecule has 162 valence electrons. The Hall–Kier alpha value is -2.31. The molecule has 0 N–H and O–H groups in total. The fourth-order valence-electron chi connectivity index (χ4n) is 3.13. The van der Waals surface area contributed by atoms with Crippen molar-refractivity contribution in [3.63, 3.8) is 0 Å². The average molecular weight is 429 g/mol. The van der Waals surface area contributed by atoms with Crippen molar-refractivity contribution >= 4 is 24.0 Å². The van der Waals surface area contributed by atoms with Gasteiger partial charge in [0.05, 0.1) is 12.1 Å². The summed E-state index contributed by atoms with van der Waals surface area (Å²) >= 11 is 0.890. The van der Waals surface area contributed by atoms with E-state index >= 15 is 0 Å². The number of amides is 2. The quantitative estimate of drug-likeness (QED) is 0.333. The topological polar surface area (TPSA) is 49.9 Å². The Kier molecular flexibility index (Phi) is 8.10. The van der Waals surface area contributed by atoms with Gasteiger partial charge in [-0.3, -0.25) is 13.8 Å². The maximum atomic E-state index is 13.6. The maximum absolute atomic E-state index is 13.6. The summed E-state index contributed by atoms with van der Waals surface area (Å²) < 4.78 is 6.86. The Morgan fingerprint density at radius 2 is 1.47 bits per heavy atom. The highest BCUT2D eigenvalue weighted by molar-refractivity contribution is 7.92. The first-order valence-corrected chi connectivity index (χ1v) is 10.9. The molecule has 30 heavy (non-hydrogen) atoms. The zero-order valence-electron chi connectivity index (χ0n) is 19.0. The lowest BCUT2D eigenvalue weighted by Crippen LogP contribution is -2.55. The van der Waals surface area contributed by atoms with Crippen LogP contribution in [0.25, 0.3) is 0 Å². The fourth-order valence-corrected chi connectivity index (χ4v) is 3.90. The van der Waals surface area contributed by atoms with Crippen molar-refractivity contribution in [2.75, 3.05) is 6.61 Å². The summed E-state index contributed by atoms with van der Waals surface area (Å²) in [4.78, 5) is 27.0. The SMILES string of the molecule is CCOSN(C(=O)c1ccc(CC)cc1)N(C(=O)c1cc(C)cc(C)c1)C(C)(C)C. The van der Waals surface area contributed by atoms with Crippen molar-refractivity contribution in [1.82, 2.24) is 9.42 Å². The molecule has 0 saturated carbocycles. The van der Waals surface area contributed by atoms with Crippen molar-refractivity contribution in [2.24, 2.45) is 0 Å². The zero-order chi connectivity index (χ0) is 22.5. The smallest absolute Gasteiger partial charge is 0.284 e. The van der Waals surface area contributed by atoms with E-state index in [1.54, 1.807) is 12.1 Å². The van der Waals surface area contributed by atoms with E-state index in [-0.39, 0.29) is 11.8 Å². The lowest BCUT2D eigenvalue weighted by molar-refractivity contribution is -0.00297. The van der Waals surface area contributed by atoms with Gasteiger partial charge in [0.25, 0.3) is 11.8 Å². The third-order valence-electron chi connectivity index (χ3n) is 4.50. The lowest BCUT2D eigenvalue weighted by Gasteiger charge is -2.41. The van der Waals surface area contributed by atoms with Crippen LogP contribution in [0.5, 0.6) is 0 Å². The molecular weight excluding hydrogens is 396 g/mol. The number of hydrazine groups is 1. The van der Waals surface area contributed by atoms with E-state index in [2.05, 4.69) is 6.92 Å². The van der Waals surface area contributed by atoms with Gasteiger partial charge in [0.15, 0.2) is 0 Å². The second-order valence-electron chi connectivity index (χ2n) is 8.27. The van der Waals surface area contributed by atoms with E-state index < -0.39 is 5.54 Å². The summed E-state index contributed by atoms with van der Waals surface area (Å²) in [7, 11) is 0. The predicted octanol–water partition coefficient (Wildman–Crippen LogP) is 5.76. The second-order valence-corrected chi connectivity index (χ2v) is 9.00. The standard InChI is InChI=1S/C24H32N2O3S/c1-8-19-10-12-20(13-11-19)23(28)26(30-29-9-2)25(24(5,6)7)22(27)21-15-17(3)14-18(4)16-21/h10-16H,8-9H2,1-7H3. The van der Waals surface area contributed by atoms with E-state index in [0.29, 0.717) is 17.7 Å². The summed E-state index contributed by atoms with van der Waals surface area (Å²) in [5, 5.41) is 1.48. The van der Waals surface area contributed by atoms with Crippen LogP contribution >= 0.6 is 12.2 Å². The van der Waals surface area contributed by atoms with Crippen LogP contribution in [0.4, 0.5) is 0 Å². The van der Waals surface area contributed by atoms with Crippen LogP contribution in [-0.2, 0) is 10.6 Å². The van der Waals surface area contributed by atoms with Crippen LogP contribution < -0.4 is 0 Å². The summed E-state index contributed by atoms with van der Waals surface area (Å²) in [5.74, 6) is -0.552. The van der Waals surface area contributed by atoms with Crippen LogP contribution in [0.3, 0.4) is 0 Å². The fraction of sp³-hybridized carbons (Fsp3) is 0.417. The highest BCUT2D eigenvalue weighted by Gasteiger charge is 2.37. The second kappa shape index (κ2) is 10.1. The summed E-state index contributed by atoms with van der Waals surface area (Å²) in [6, 6.07) is 13.2. The van der Waals surface area contributed by atoms with E-state index in [0.717, 1.165) is 35.3 Å². The monoisotopic (exact) mass is 428 g/mol. The third kappa shape index (κ3) is 5.86. The van der Waals surface area contributed by atoms with Crippen molar-refractivity contribution < 1.29 is 13.8 Å². The number of nitrogens with zero attached hydrogens (tertiary/aromatic N) is 2. The molecule has 0 spiro atoms. The lowest BCUT2D eigenvalue weighted by atomic mass is 10.0. The Morgan fingerprint density at radius 1 is 0.900 bits per heavy atom. The highest BCUT2D eigenvalue weighted by Crippen LogP contribution is 2.29. The average Bonchev–Trinajstić information content (AvgIpc) is 2.68. The van der Waals surface area contributed by atoms with Gasteiger partial charge in [0.2, 0.25) is 0 Å². The van der Waals surface area contributed by atoms with Gasteiger partial charge in [-0.15, -0.1) is 0 Å². The molecular formula is C24H32N2O3S. The summed E-state index contributed by atoms with van der Waals surface area (Å²) in [6.07, 6.45) is 0.894. The van der Waals surface area contributed by atoms with Crippen LogP contribution in [0.2, 0.25) is 0 Å². The molecule has 2 amide bonds. The molecule has 0 fully saturated rings. The first kappa shape index (κ1) is 24.0. The van der Waals surface area contributed by atoms with Crippen LogP contribution in [0.1, 0.15) is 72.0 Å². The Morgan fingerprint density at radius 3 is 1.93 bits per heavy atom. The molecule has 0 atom stereocenters. The number of carbonyl (C=O) groups excluding carboxylic acids is 2. The van der Waals surface area contributed by atoms with Gasteiger partial charge >= 0.3 is 0 Å². The molecule has 2 aromatic rings. The van der Waals surface area contributed by atoms with Gasteiger partial charge in [-0.25, -0.2) is 5.01 Å². The van der Waals surface area contributed by atoms with Gasteiger partial charge in [-0.1, -0.05) is 36.2 Å². The predicted molar refractivity (Wildman–Crippen MR) is 123 cm³/mol. The number of hydrogen-bond acceptors (Lipinski definition) is 4. The van der Waals surface area contributed by atoms with Crippen molar-refractivity contribution in [3.8, 4) is 0 Å². The minimum absolute atomic E-state index is 0.250. The van der Waals surface area contributed by atoms with E-state index in [1.807, 2.05) is 71.9 Å². The molecule has 0 unspecified atom stereocenters. The van der Waals surface area contributed by atoms with Crippen LogP contribution in [0, 0.1) is 13.8 Å². The molecule has 0 bridgehead atoms. The molecule has 2 rings (SSSR count). The number of rotatable bonds is 6. The molecule has 0 saturated heterocycles. The van der Waals surface area contributed by atoms with Crippen LogP contribution in [-0.4, -0.2) is 33.4 Å². The van der Waals surface area contributed by atoms with Crippen molar-refractivity contribution in [3.05, 3.63) is 70.3 Å². The normalized spacial score (nSPS) is 11.3. The molecule has 0 heterocycles. The molecule has 0 aromatic heterocycles. The Bertz CT molecular complexity index is 868. The highest BCUT2D eigenvalue weighted by atomic mass is 32.2. The van der Waals surface area contributed by atoms with Crippen molar-refractivity contribution in [2.45, 2.75) is 60.4 Å². The molecule has 6 heteroatoms. The largest absolute Gasteiger partial charge is 0.296 e. The third-order valence-corrected chi connectivity index (χ3v) is 5.31. The Balaban J connectivity index is 2.51. The number of hydrogen-bond donors (Lipinski definition) is 0. The molecule has 0 aliphatic rings. The van der Waals surface area contributed by atoms with E-state index in [4.69, 9.17) is 4.18 Å². The van der Waals surface area contributed by atoms with Gasteiger partial charge < -0.3 is 0 Å². The van der Waals surface area contributed by atoms with Gasteiger partial charge in [0, 0.05) is 11.1 Å². The van der Waals surface area contributed by atoms with Crippen molar-refractivity contribution in [1.29, 1.82) is 0 Å². The molecule has 5 nitrogen and oxygen atoms in total. The van der Waals surface area contributed by atoms with Gasteiger partial charge in [-0.05, 0) is 77.8 Å². The number of aryl methyl sites for hydroxylation is 3. The molecule has 0 aliphatic carbocycles. The van der Waals surface area contributed by atoms with Crippen LogP contribution in [0.15, 0.2) is 42.5 Å².